The van der Waals surface area contributed by atoms with Gasteiger partial charge in [0, 0.05) is 17.9 Å². The van der Waals surface area contributed by atoms with Crippen molar-refractivity contribution in [1.82, 2.24) is 0 Å². The van der Waals surface area contributed by atoms with Gasteiger partial charge in [-0.1, -0.05) is 12.1 Å². The molecule has 6 heteroatoms. The molecule has 19 heavy (non-hydrogen) atoms. The molecule has 100 valence electrons. The molecule has 1 heterocycles. The van der Waals surface area contributed by atoms with Crippen LogP contribution in [0.2, 0.25) is 0 Å². The SMILES string of the molecule is O=C1C=CC(=O)N1c1ccc(C(O)C(O)CS)cc1. The van der Waals surface area contributed by atoms with Gasteiger partial charge in [0.1, 0.15) is 6.10 Å². The minimum Gasteiger partial charge on any atom is -0.389 e. The molecule has 1 aliphatic heterocycles. The standard InChI is InChI=1S/C13H13NO4S/c15-10(7-19)13(18)8-1-3-9(4-2-8)14-11(16)5-6-12(14)17/h1-6,10,13,15,18-19H,7H2. The number of thiol groups is 1. The van der Waals surface area contributed by atoms with E-state index >= 15 is 0 Å². The Labute approximate surface area is 115 Å². The Morgan fingerprint density at radius 2 is 1.58 bits per heavy atom. The number of nitrogens with zero attached hydrogens (tertiary/aromatic N) is 1. The number of rotatable bonds is 4. The quantitative estimate of drug-likeness (QED) is 0.552. The summed E-state index contributed by atoms with van der Waals surface area (Å²) in [6, 6.07) is 6.22. The molecule has 2 amide bonds. The fraction of sp³-hybridized carbons (Fsp3) is 0.231. The van der Waals surface area contributed by atoms with E-state index in [-0.39, 0.29) is 5.75 Å². The van der Waals surface area contributed by atoms with Gasteiger partial charge in [0.15, 0.2) is 0 Å². The zero-order valence-electron chi connectivity index (χ0n) is 9.93. The van der Waals surface area contributed by atoms with Crippen LogP contribution >= 0.6 is 12.6 Å². The Kier molecular flexibility index (Phi) is 4.04. The number of benzene rings is 1. The second-order valence-electron chi connectivity index (χ2n) is 4.13. The normalized spacial score (nSPS) is 17.9. The average molecular weight is 279 g/mol. The van der Waals surface area contributed by atoms with E-state index in [2.05, 4.69) is 12.6 Å². The van der Waals surface area contributed by atoms with Crippen LogP contribution in [-0.2, 0) is 9.59 Å². The molecule has 0 aliphatic carbocycles. The smallest absolute Gasteiger partial charge is 0.258 e. The van der Waals surface area contributed by atoms with Crippen molar-refractivity contribution < 1.29 is 19.8 Å². The number of hydrogen-bond donors (Lipinski definition) is 3. The summed E-state index contributed by atoms with van der Waals surface area (Å²) in [5, 5.41) is 19.3. The van der Waals surface area contributed by atoms with Crippen molar-refractivity contribution >= 4 is 30.1 Å². The van der Waals surface area contributed by atoms with E-state index in [1.54, 1.807) is 24.3 Å². The third-order valence-corrected chi connectivity index (χ3v) is 3.23. The van der Waals surface area contributed by atoms with Crippen LogP contribution in [0, 0.1) is 0 Å². The second-order valence-corrected chi connectivity index (χ2v) is 4.50. The Hall–Kier alpha value is -1.63. The molecule has 2 atom stereocenters. The van der Waals surface area contributed by atoms with Crippen molar-refractivity contribution in [3.05, 3.63) is 42.0 Å². The van der Waals surface area contributed by atoms with Gasteiger partial charge in [0.05, 0.1) is 11.8 Å². The summed E-state index contributed by atoms with van der Waals surface area (Å²) in [4.78, 5) is 24.0. The Morgan fingerprint density at radius 3 is 2.05 bits per heavy atom. The zero-order chi connectivity index (χ0) is 14.0. The first-order valence-electron chi connectivity index (χ1n) is 5.67. The maximum Gasteiger partial charge on any atom is 0.258 e. The van der Waals surface area contributed by atoms with Gasteiger partial charge in [-0.05, 0) is 17.7 Å². The Balaban J connectivity index is 2.19. The molecular formula is C13H13NO4S. The van der Waals surface area contributed by atoms with E-state index in [1.165, 1.54) is 12.2 Å². The van der Waals surface area contributed by atoms with Crippen molar-refractivity contribution in [2.45, 2.75) is 12.2 Å². The van der Waals surface area contributed by atoms with E-state index in [0.29, 0.717) is 11.3 Å². The Bertz CT molecular complexity index is 508. The number of carbonyl (C=O) groups is 2. The first-order valence-corrected chi connectivity index (χ1v) is 6.31. The maximum atomic E-state index is 11.5. The van der Waals surface area contributed by atoms with E-state index in [0.717, 1.165) is 4.90 Å². The average Bonchev–Trinajstić information content (AvgIpc) is 2.77. The highest BCUT2D eigenvalue weighted by atomic mass is 32.1. The van der Waals surface area contributed by atoms with Gasteiger partial charge >= 0.3 is 0 Å². The minimum atomic E-state index is -1.05. The molecule has 0 saturated carbocycles. The highest BCUT2D eigenvalue weighted by Crippen LogP contribution is 2.23. The van der Waals surface area contributed by atoms with Crippen molar-refractivity contribution in [3.63, 3.8) is 0 Å². The monoisotopic (exact) mass is 279 g/mol. The predicted molar refractivity (Wildman–Crippen MR) is 72.9 cm³/mol. The highest BCUT2D eigenvalue weighted by molar-refractivity contribution is 7.80. The first kappa shape index (κ1) is 13.8. The van der Waals surface area contributed by atoms with Crippen LogP contribution in [0.1, 0.15) is 11.7 Å². The summed E-state index contributed by atoms with van der Waals surface area (Å²) in [6.45, 7) is 0. The lowest BCUT2D eigenvalue weighted by atomic mass is 10.0. The number of carbonyl (C=O) groups excluding carboxylic acids is 2. The van der Waals surface area contributed by atoms with Crippen molar-refractivity contribution in [2.75, 3.05) is 10.7 Å². The largest absolute Gasteiger partial charge is 0.389 e. The minimum absolute atomic E-state index is 0.135. The summed E-state index contributed by atoms with van der Waals surface area (Å²) in [7, 11) is 0. The van der Waals surface area contributed by atoms with Gasteiger partial charge < -0.3 is 10.2 Å². The van der Waals surface area contributed by atoms with Gasteiger partial charge in [-0.2, -0.15) is 12.6 Å². The summed E-state index contributed by atoms with van der Waals surface area (Å²) in [6.07, 6.45) is 0.395. The van der Waals surface area contributed by atoms with Crippen LogP contribution in [0.4, 0.5) is 5.69 Å². The highest BCUT2D eigenvalue weighted by Gasteiger charge is 2.25. The van der Waals surface area contributed by atoms with Gasteiger partial charge in [-0.25, -0.2) is 4.90 Å². The molecular weight excluding hydrogens is 266 g/mol. The fourth-order valence-electron chi connectivity index (χ4n) is 1.80. The van der Waals surface area contributed by atoms with Crippen molar-refractivity contribution in [3.8, 4) is 0 Å². The molecule has 2 N–H and O–H groups in total. The summed E-state index contributed by atoms with van der Waals surface area (Å²) in [5.41, 5.74) is 0.925. The molecule has 0 spiro atoms. The molecule has 0 fully saturated rings. The van der Waals surface area contributed by atoms with E-state index in [9.17, 15) is 19.8 Å². The van der Waals surface area contributed by atoms with Crippen LogP contribution in [0.25, 0.3) is 0 Å². The molecule has 2 unspecified atom stereocenters. The number of aliphatic hydroxyl groups is 2. The number of imide groups is 1. The third kappa shape index (κ3) is 2.70. The molecule has 1 aromatic carbocycles. The van der Waals surface area contributed by atoms with Gasteiger partial charge in [-0.15, -0.1) is 0 Å². The van der Waals surface area contributed by atoms with Crippen LogP contribution < -0.4 is 4.90 Å². The zero-order valence-corrected chi connectivity index (χ0v) is 10.8. The molecule has 0 saturated heterocycles. The van der Waals surface area contributed by atoms with Crippen molar-refractivity contribution in [1.29, 1.82) is 0 Å². The number of aliphatic hydroxyl groups excluding tert-OH is 2. The van der Waals surface area contributed by atoms with E-state index in [4.69, 9.17) is 0 Å². The van der Waals surface area contributed by atoms with Crippen LogP contribution in [0.15, 0.2) is 36.4 Å². The van der Waals surface area contributed by atoms with Crippen molar-refractivity contribution in [2.24, 2.45) is 0 Å². The number of anilines is 1. The topological polar surface area (TPSA) is 77.8 Å². The lowest BCUT2D eigenvalue weighted by Crippen LogP contribution is -2.29. The Morgan fingerprint density at radius 1 is 1.05 bits per heavy atom. The van der Waals surface area contributed by atoms with Gasteiger partial charge in [-0.3, -0.25) is 9.59 Å². The maximum absolute atomic E-state index is 11.5. The third-order valence-electron chi connectivity index (χ3n) is 2.85. The second kappa shape index (κ2) is 5.56. The summed E-state index contributed by atoms with van der Waals surface area (Å²) in [5.74, 6) is -0.655. The molecule has 0 aromatic heterocycles. The van der Waals surface area contributed by atoms with Crippen LogP contribution in [-0.4, -0.2) is 33.9 Å². The van der Waals surface area contributed by atoms with Crippen LogP contribution in [0.3, 0.4) is 0 Å². The molecule has 0 bridgehead atoms. The fourth-order valence-corrected chi connectivity index (χ4v) is 2.00. The predicted octanol–water partition coefficient (Wildman–Crippen LogP) is 0.440. The summed E-state index contributed by atoms with van der Waals surface area (Å²) >= 11 is 3.90. The molecule has 2 rings (SSSR count). The van der Waals surface area contributed by atoms with Gasteiger partial charge in [0.2, 0.25) is 0 Å². The van der Waals surface area contributed by atoms with E-state index < -0.39 is 24.0 Å². The first-order chi connectivity index (χ1) is 9.04. The van der Waals surface area contributed by atoms with Gasteiger partial charge in [0.25, 0.3) is 11.8 Å². The lowest BCUT2D eigenvalue weighted by Gasteiger charge is -2.18. The summed E-state index contributed by atoms with van der Waals surface area (Å²) < 4.78 is 0. The molecule has 1 aliphatic rings. The number of hydrogen-bond acceptors (Lipinski definition) is 5. The van der Waals surface area contributed by atoms with Crippen LogP contribution in [0.5, 0.6) is 0 Å². The lowest BCUT2D eigenvalue weighted by molar-refractivity contribution is -0.119. The molecule has 0 radical (unpaired) electrons. The number of amides is 2. The molecule has 5 nitrogen and oxygen atoms in total. The van der Waals surface area contributed by atoms with E-state index in [1.807, 2.05) is 0 Å². The molecule has 1 aromatic rings.